The van der Waals surface area contributed by atoms with Crippen molar-refractivity contribution in [3.63, 3.8) is 0 Å². The highest BCUT2D eigenvalue weighted by atomic mass is 16.3. The molecule has 0 aliphatic heterocycles. The van der Waals surface area contributed by atoms with Gasteiger partial charge in [0.2, 0.25) is 0 Å². The van der Waals surface area contributed by atoms with E-state index in [2.05, 4.69) is 17.6 Å². The first-order chi connectivity index (χ1) is 5.81. The smallest absolute Gasteiger partial charge is 0.0563 e. The van der Waals surface area contributed by atoms with E-state index in [0.29, 0.717) is 6.04 Å². The molecule has 0 aliphatic carbocycles. The van der Waals surface area contributed by atoms with Crippen molar-refractivity contribution in [1.29, 1.82) is 0 Å². The summed E-state index contributed by atoms with van der Waals surface area (Å²) in [5, 5.41) is 14.8. The third-order valence-electron chi connectivity index (χ3n) is 1.32. The van der Waals surface area contributed by atoms with Gasteiger partial charge in [-0.25, -0.2) is 0 Å². The largest absolute Gasteiger partial charge is 0.412 e. The fraction of sp³-hybridized carbons (Fsp3) is 1.00. The van der Waals surface area contributed by atoms with Crippen molar-refractivity contribution in [2.45, 2.75) is 45.8 Å². The van der Waals surface area contributed by atoms with Gasteiger partial charge in [0.05, 0.1) is 5.60 Å². The second kappa shape index (κ2) is 10.9. The number of hydrogen-bond acceptors (Lipinski definition) is 3. The van der Waals surface area contributed by atoms with Crippen molar-refractivity contribution in [1.82, 2.24) is 10.6 Å². The molecule has 0 radical (unpaired) electrons. The summed E-state index contributed by atoms with van der Waals surface area (Å²) >= 11 is 0. The number of hydrogen-bond donors (Lipinski definition) is 3. The van der Waals surface area contributed by atoms with Crippen LogP contribution in [-0.4, -0.2) is 42.9 Å². The summed E-state index contributed by atoms with van der Waals surface area (Å²) in [5.74, 6) is 0. The number of nitrogens with one attached hydrogen (secondary N) is 2. The Bertz CT molecular complexity index is 96.8. The van der Waals surface area contributed by atoms with Gasteiger partial charge in [-0.15, -0.1) is 0 Å². The number of aliphatic hydroxyl groups is 1. The zero-order valence-corrected chi connectivity index (χ0v) is 10.4. The van der Waals surface area contributed by atoms with Crippen LogP contribution in [0.25, 0.3) is 0 Å². The Labute approximate surface area is 88.4 Å². The zero-order chi connectivity index (χ0) is 10.9. The second-order valence-electron chi connectivity index (χ2n) is 4.25. The lowest BCUT2D eigenvalue weighted by Gasteiger charge is -2.07. The average Bonchev–Trinajstić information content (AvgIpc) is 1.97. The first-order valence-electron chi connectivity index (χ1n) is 4.85. The van der Waals surface area contributed by atoms with E-state index >= 15 is 0 Å². The SMILES string of the molecule is CC(C)(C)O.CNCCC(C)NC.O. The van der Waals surface area contributed by atoms with Gasteiger partial charge < -0.3 is 21.2 Å². The first kappa shape index (κ1) is 19.4. The minimum absolute atomic E-state index is 0. The van der Waals surface area contributed by atoms with E-state index in [9.17, 15) is 0 Å². The molecule has 0 amide bonds. The standard InChI is InChI=1S/C6H16N2.C4H10O.H2O/c1-6(8-3)4-5-7-2;1-4(2,3)5;/h6-8H,4-5H2,1-3H3;5H,1-3H3;1H2. The molecular weight excluding hydrogens is 180 g/mol. The van der Waals surface area contributed by atoms with E-state index in [1.165, 1.54) is 6.42 Å². The first-order valence-corrected chi connectivity index (χ1v) is 4.85. The maximum atomic E-state index is 8.52. The summed E-state index contributed by atoms with van der Waals surface area (Å²) in [6, 6.07) is 0.641. The van der Waals surface area contributed by atoms with Crippen LogP contribution in [0.2, 0.25) is 0 Å². The van der Waals surface area contributed by atoms with Crippen molar-refractivity contribution in [3.8, 4) is 0 Å². The molecule has 4 heteroatoms. The van der Waals surface area contributed by atoms with Gasteiger partial charge in [-0.3, -0.25) is 0 Å². The summed E-state index contributed by atoms with van der Waals surface area (Å²) in [5.41, 5.74) is -0.500. The lowest BCUT2D eigenvalue weighted by molar-refractivity contribution is 0.102. The van der Waals surface area contributed by atoms with Crippen molar-refractivity contribution >= 4 is 0 Å². The van der Waals surface area contributed by atoms with Crippen molar-refractivity contribution in [2.24, 2.45) is 0 Å². The lowest BCUT2D eigenvalue weighted by atomic mass is 10.2. The van der Waals surface area contributed by atoms with Gasteiger partial charge >= 0.3 is 0 Å². The van der Waals surface area contributed by atoms with Crippen LogP contribution in [0.4, 0.5) is 0 Å². The highest BCUT2D eigenvalue weighted by molar-refractivity contribution is 4.56. The Morgan fingerprint density at radius 3 is 1.79 bits per heavy atom. The van der Waals surface area contributed by atoms with E-state index in [4.69, 9.17) is 5.11 Å². The van der Waals surface area contributed by atoms with Crippen LogP contribution >= 0.6 is 0 Å². The highest BCUT2D eigenvalue weighted by Gasteiger charge is 1.97. The maximum absolute atomic E-state index is 8.52. The molecule has 0 fully saturated rings. The Balaban J connectivity index is -0.000000177. The molecule has 0 saturated carbocycles. The maximum Gasteiger partial charge on any atom is 0.0563 e. The normalized spacial score (nSPS) is 12.2. The van der Waals surface area contributed by atoms with Gasteiger partial charge in [-0.1, -0.05) is 0 Å². The fourth-order valence-electron chi connectivity index (χ4n) is 0.505. The molecule has 0 bridgehead atoms. The summed E-state index contributed by atoms with van der Waals surface area (Å²) in [4.78, 5) is 0. The summed E-state index contributed by atoms with van der Waals surface area (Å²) in [6.07, 6.45) is 1.20. The second-order valence-corrected chi connectivity index (χ2v) is 4.25. The van der Waals surface area contributed by atoms with Gasteiger partial charge in [-0.05, 0) is 54.8 Å². The van der Waals surface area contributed by atoms with Gasteiger partial charge in [0.25, 0.3) is 0 Å². The van der Waals surface area contributed by atoms with E-state index in [1.807, 2.05) is 14.1 Å². The minimum atomic E-state index is -0.500. The van der Waals surface area contributed by atoms with Crippen LogP contribution in [0.5, 0.6) is 0 Å². The van der Waals surface area contributed by atoms with Gasteiger partial charge in [0.1, 0.15) is 0 Å². The molecule has 1 unspecified atom stereocenters. The van der Waals surface area contributed by atoms with Gasteiger partial charge in [0, 0.05) is 6.04 Å². The molecule has 0 spiro atoms. The predicted octanol–water partition coefficient (Wildman–Crippen LogP) is 0.156. The predicted molar refractivity (Wildman–Crippen MR) is 62.7 cm³/mol. The molecule has 0 aliphatic rings. The zero-order valence-electron chi connectivity index (χ0n) is 10.4. The summed E-state index contributed by atoms with van der Waals surface area (Å²) in [7, 11) is 3.96. The molecule has 14 heavy (non-hydrogen) atoms. The average molecular weight is 208 g/mol. The minimum Gasteiger partial charge on any atom is -0.412 e. The van der Waals surface area contributed by atoms with Crippen molar-refractivity contribution < 1.29 is 10.6 Å². The van der Waals surface area contributed by atoms with E-state index < -0.39 is 5.60 Å². The van der Waals surface area contributed by atoms with Crippen LogP contribution in [0.1, 0.15) is 34.1 Å². The molecule has 4 nitrogen and oxygen atoms in total. The van der Waals surface area contributed by atoms with Crippen LogP contribution in [0.15, 0.2) is 0 Å². The van der Waals surface area contributed by atoms with E-state index in [1.54, 1.807) is 20.8 Å². The summed E-state index contributed by atoms with van der Waals surface area (Å²) < 4.78 is 0. The molecule has 1 atom stereocenters. The van der Waals surface area contributed by atoms with Crippen molar-refractivity contribution in [2.75, 3.05) is 20.6 Å². The number of rotatable bonds is 4. The Morgan fingerprint density at radius 2 is 1.57 bits per heavy atom. The Hall–Kier alpha value is -0.160. The van der Waals surface area contributed by atoms with E-state index in [0.717, 1.165) is 6.54 Å². The Kier molecular flexibility index (Phi) is 15.1. The quantitative estimate of drug-likeness (QED) is 0.616. The molecule has 0 aromatic heterocycles. The highest BCUT2D eigenvalue weighted by Crippen LogP contribution is 1.93. The monoisotopic (exact) mass is 208 g/mol. The molecule has 0 heterocycles. The molecule has 0 saturated heterocycles. The topological polar surface area (TPSA) is 75.8 Å². The van der Waals surface area contributed by atoms with Gasteiger partial charge in [-0.2, -0.15) is 0 Å². The van der Waals surface area contributed by atoms with Crippen LogP contribution in [-0.2, 0) is 0 Å². The third-order valence-corrected chi connectivity index (χ3v) is 1.32. The lowest BCUT2D eigenvalue weighted by Crippen LogP contribution is -2.25. The fourth-order valence-corrected chi connectivity index (χ4v) is 0.505. The van der Waals surface area contributed by atoms with E-state index in [-0.39, 0.29) is 5.48 Å². The molecule has 0 rings (SSSR count). The molecule has 0 aromatic carbocycles. The van der Waals surface area contributed by atoms with Crippen LogP contribution < -0.4 is 10.6 Å². The molecule has 5 N–H and O–H groups in total. The van der Waals surface area contributed by atoms with Gasteiger partial charge in [0.15, 0.2) is 0 Å². The van der Waals surface area contributed by atoms with Crippen LogP contribution in [0, 0.1) is 0 Å². The Morgan fingerprint density at radius 1 is 1.21 bits per heavy atom. The molecule has 90 valence electrons. The molecular formula is C10H28N2O2. The van der Waals surface area contributed by atoms with Crippen LogP contribution in [0.3, 0.4) is 0 Å². The third kappa shape index (κ3) is 40.8. The molecule has 0 aromatic rings. The summed E-state index contributed by atoms with van der Waals surface area (Å²) in [6.45, 7) is 8.51. The van der Waals surface area contributed by atoms with Crippen molar-refractivity contribution in [3.05, 3.63) is 0 Å².